The van der Waals surface area contributed by atoms with Crippen molar-refractivity contribution in [3.05, 3.63) is 47.5 Å². The van der Waals surface area contributed by atoms with Crippen molar-refractivity contribution in [1.29, 1.82) is 0 Å². The average Bonchev–Trinajstić information content (AvgIpc) is 3.10. The summed E-state index contributed by atoms with van der Waals surface area (Å²) in [5.41, 5.74) is 2.34. The van der Waals surface area contributed by atoms with Crippen molar-refractivity contribution in [1.82, 2.24) is 15.0 Å². The number of carbonyl (C=O) groups excluding carboxylic acids is 1. The predicted octanol–water partition coefficient (Wildman–Crippen LogP) is 3.76. The van der Waals surface area contributed by atoms with Crippen LogP contribution in [0, 0.1) is 0 Å². The van der Waals surface area contributed by atoms with E-state index in [2.05, 4.69) is 20.3 Å². The number of thioether (sulfide) groups is 1. The lowest BCUT2D eigenvalue weighted by Gasteiger charge is -2.04. The molecule has 8 heteroatoms. The van der Waals surface area contributed by atoms with Crippen LogP contribution in [0.5, 0.6) is 5.75 Å². The molecular formula is C17H18N4O2S2. The standard InChI is InChI=1S/C17H16N4O2S2.H2/c1-23-12-5-3-4-11(8-12)9-15(22)21-17-20-14(10-25-17)13-6-7-18-16(19-13)24-2;/h3-8,10H,9H2,1-2H3,(H,20,21,22);1H. The van der Waals surface area contributed by atoms with E-state index >= 15 is 0 Å². The van der Waals surface area contributed by atoms with Crippen LogP contribution >= 0.6 is 23.1 Å². The normalized spacial score (nSPS) is 10.5. The quantitative estimate of drug-likeness (QED) is 0.523. The van der Waals surface area contributed by atoms with Gasteiger partial charge in [0.1, 0.15) is 11.4 Å². The highest BCUT2D eigenvalue weighted by molar-refractivity contribution is 7.98. The molecule has 0 fully saturated rings. The first-order valence-corrected chi connectivity index (χ1v) is 9.54. The van der Waals surface area contributed by atoms with Gasteiger partial charge in [0.25, 0.3) is 0 Å². The highest BCUT2D eigenvalue weighted by atomic mass is 32.2. The maximum atomic E-state index is 12.2. The summed E-state index contributed by atoms with van der Waals surface area (Å²) in [7, 11) is 1.60. The Bertz CT molecular complexity index is 888. The van der Waals surface area contributed by atoms with Crippen LogP contribution in [0.1, 0.15) is 6.99 Å². The summed E-state index contributed by atoms with van der Waals surface area (Å²) < 4.78 is 5.17. The number of anilines is 1. The van der Waals surface area contributed by atoms with Gasteiger partial charge in [-0.2, -0.15) is 0 Å². The fraction of sp³-hybridized carbons (Fsp3) is 0.176. The van der Waals surface area contributed by atoms with Crippen molar-refractivity contribution < 1.29 is 11.0 Å². The Balaban J connectivity index is 0.00000243. The number of methoxy groups -OCH3 is 1. The van der Waals surface area contributed by atoms with Crippen LogP contribution in [-0.2, 0) is 11.2 Å². The summed E-state index contributed by atoms with van der Waals surface area (Å²) in [5.74, 6) is 0.608. The van der Waals surface area contributed by atoms with Gasteiger partial charge in [-0.25, -0.2) is 15.0 Å². The molecule has 1 amide bonds. The Morgan fingerprint density at radius 1 is 1.32 bits per heavy atom. The summed E-state index contributed by atoms with van der Waals surface area (Å²) >= 11 is 2.84. The van der Waals surface area contributed by atoms with Gasteiger partial charge in [-0.3, -0.25) is 4.79 Å². The topological polar surface area (TPSA) is 77.0 Å². The lowest BCUT2D eigenvalue weighted by atomic mass is 10.1. The molecule has 25 heavy (non-hydrogen) atoms. The number of amides is 1. The van der Waals surface area contributed by atoms with Gasteiger partial charge in [0.15, 0.2) is 10.3 Å². The number of nitrogens with zero attached hydrogens (tertiary/aromatic N) is 3. The van der Waals surface area contributed by atoms with E-state index in [1.165, 1.54) is 23.1 Å². The van der Waals surface area contributed by atoms with Crippen LogP contribution in [0.2, 0.25) is 0 Å². The van der Waals surface area contributed by atoms with Gasteiger partial charge in [0.2, 0.25) is 5.91 Å². The molecule has 6 nitrogen and oxygen atoms in total. The highest BCUT2D eigenvalue weighted by Crippen LogP contribution is 2.24. The second kappa shape index (κ2) is 8.09. The lowest BCUT2D eigenvalue weighted by Crippen LogP contribution is -2.14. The average molecular weight is 374 g/mol. The fourth-order valence-electron chi connectivity index (χ4n) is 2.16. The third kappa shape index (κ3) is 4.55. The molecule has 0 aliphatic rings. The lowest BCUT2D eigenvalue weighted by molar-refractivity contribution is -0.115. The first-order chi connectivity index (χ1) is 12.2. The molecule has 3 aromatic rings. The molecule has 0 spiro atoms. The molecule has 0 aliphatic carbocycles. The predicted molar refractivity (Wildman–Crippen MR) is 102 cm³/mol. The minimum Gasteiger partial charge on any atom is -0.497 e. The molecule has 1 N–H and O–H groups in total. The zero-order chi connectivity index (χ0) is 17.6. The molecule has 1 aromatic carbocycles. The Kier molecular flexibility index (Phi) is 5.62. The van der Waals surface area contributed by atoms with E-state index in [0.29, 0.717) is 10.3 Å². The summed E-state index contributed by atoms with van der Waals surface area (Å²) in [6.45, 7) is 0. The zero-order valence-corrected chi connectivity index (χ0v) is 15.4. The third-order valence-corrected chi connectivity index (χ3v) is 4.65. The number of aromatic nitrogens is 3. The monoisotopic (exact) mass is 374 g/mol. The summed E-state index contributed by atoms with van der Waals surface area (Å²) in [4.78, 5) is 25.2. The van der Waals surface area contributed by atoms with E-state index in [4.69, 9.17) is 4.74 Å². The van der Waals surface area contributed by atoms with Gasteiger partial charge in [-0.05, 0) is 30.0 Å². The highest BCUT2D eigenvalue weighted by Gasteiger charge is 2.10. The molecule has 3 rings (SSSR count). The molecule has 0 unspecified atom stereocenters. The van der Waals surface area contributed by atoms with E-state index in [-0.39, 0.29) is 13.8 Å². The summed E-state index contributed by atoms with van der Waals surface area (Å²) in [6, 6.07) is 9.25. The zero-order valence-electron chi connectivity index (χ0n) is 13.7. The van der Waals surface area contributed by atoms with E-state index in [1.54, 1.807) is 19.4 Å². The molecule has 0 radical (unpaired) electrons. The maximum absolute atomic E-state index is 12.2. The molecule has 2 aromatic heterocycles. The smallest absolute Gasteiger partial charge is 0.230 e. The summed E-state index contributed by atoms with van der Waals surface area (Å²) in [6.07, 6.45) is 3.88. The fourth-order valence-corrected chi connectivity index (χ4v) is 3.24. The minimum atomic E-state index is -0.123. The molecule has 0 bridgehead atoms. The molecule has 0 aliphatic heterocycles. The number of hydrogen-bond donors (Lipinski definition) is 1. The second-order valence-electron chi connectivity index (χ2n) is 5.04. The number of benzene rings is 1. The van der Waals surface area contributed by atoms with Gasteiger partial charge >= 0.3 is 0 Å². The number of thiazole rings is 1. The Hall–Kier alpha value is -2.45. The number of hydrogen-bond acceptors (Lipinski definition) is 7. The van der Waals surface area contributed by atoms with Gasteiger partial charge in [-0.1, -0.05) is 23.9 Å². The Morgan fingerprint density at radius 2 is 2.20 bits per heavy atom. The van der Waals surface area contributed by atoms with Crippen molar-refractivity contribution in [3.8, 4) is 17.1 Å². The first-order valence-electron chi connectivity index (χ1n) is 7.43. The molecule has 2 heterocycles. The van der Waals surface area contributed by atoms with Crippen molar-refractivity contribution >= 4 is 34.1 Å². The molecule has 130 valence electrons. The van der Waals surface area contributed by atoms with Crippen molar-refractivity contribution in [2.24, 2.45) is 0 Å². The SMILES string of the molecule is COc1cccc(CC(=O)Nc2nc(-c3ccnc(SC)n3)cs2)c1.[HH]. The largest absolute Gasteiger partial charge is 0.497 e. The van der Waals surface area contributed by atoms with Crippen molar-refractivity contribution in [2.45, 2.75) is 11.6 Å². The first kappa shape index (κ1) is 17.4. The molecule has 0 saturated carbocycles. The van der Waals surface area contributed by atoms with Crippen LogP contribution in [-0.4, -0.2) is 34.2 Å². The number of ether oxygens (including phenoxy) is 1. The van der Waals surface area contributed by atoms with Crippen LogP contribution in [0.15, 0.2) is 47.1 Å². The van der Waals surface area contributed by atoms with Crippen LogP contribution in [0.4, 0.5) is 5.13 Å². The Labute approximate surface area is 155 Å². The Morgan fingerprint density at radius 3 is 3.00 bits per heavy atom. The third-order valence-electron chi connectivity index (χ3n) is 3.33. The number of carbonyl (C=O) groups is 1. The van der Waals surface area contributed by atoms with Gasteiger partial charge < -0.3 is 10.1 Å². The van der Waals surface area contributed by atoms with Crippen molar-refractivity contribution in [3.63, 3.8) is 0 Å². The van der Waals surface area contributed by atoms with Crippen LogP contribution in [0.25, 0.3) is 11.4 Å². The van der Waals surface area contributed by atoms with E-state index < -0.39 is 0 Å². The van der Waals surface area contributed by atoms with Gasteiger partial charge in [0.05, 0.1) is 19.2 Å². The van der Waals surface area contributed by atoms with Gasteiger partial charge in [-0.15, -0.1) is 11.3 Å². The second-order valence-corrected chi connectivity index (χ2v) is 6.67. The van der Waals surface area contributed by atoms with E-state index in [9.17, 15) is 4.79 Å². The molecule has 0 saturated heterocycles. The number of rotatable bonds is 6. The van der Waals surface area contributed by atoms with Gasteiger partial charge in [0, 0.05) is 13.0 Å². The van der Waals surface area contributed by atoms with Crippen LogP contribution < -0.4 is 10.1 Å². The summed E-state index contributed by atoms with van der Waals surface area (Å²) in [5, 5.41) is 5.93. The van der Waals surface area contributed by atoms with Crippen molar-refractivity contribution in [2.75, 3.05) is 18.7 Å². The molecule has 0 atom stereocenters. The van der Waals surface area contributed by atoms with E-state index in [1.807, 2.05) is 35.9 Å². The van der Waals surface area contributed by atoms with Crippen LogP contribution in [0.3, 0.4) is 0 Å². The maximum Gasteiger partial charge on any atom is 0.230 e. The van der Waals surface area contributed by atoms with E-state index in [0.717, 1.165) is 22.7 Å². The molecular weight excluding hydrogens is 356 g/mol. The number of nitrogens with one attached hydrogen (secondary N) is 1. The minimum absolute atomic E-state index is 0.